The van der Waals surface area contributed by atoms with Crippen LogP contribution in [0.5, 0.6) is 0 Å². The molecular formula is C54H94Br2O2Si2. The van der Waals surface area contributed by atoms with Crippen LogP contribution in [0.3, 0.4) is 0 Å². The Kier molecular flexibility index (Phi) is 29.2. The smallest absolute Gasteiger partial charge is 0.187 e. The fourth-order valence-electron chi connectivity index (χ4n) is 9.61. The van der Waals surface area contributed by atoms with Crippen LogP contribution >= 0.6 is 31.9 Å². The molecule has 0 bridgehead atoms. The third-order valence-electron chi connectivity index (χ3n) is 13.4. The van der Waals surface area contributed by atoms with E-state index in [1.54, 1.807) is 0 Å². The summed E-state index contributed by atoms with van der Waals surface area (Å²) in [5, 5.41) is 0. The predicted molar refractivity (Wildman–Crippen MR) is 279 cm³/mol. The molecule has 1 aliphatic carbocycles. The molecule has 1 aliphatic rings. The van der Waals surface area contributed by atoms with Crippen molar-refractivity contribution in [1.29, 1.82) is 0 Å². The molecule has 0 aliphatic heterocycles. The Morgan fingerprint density at radius 3 is 0.850 bits per heavy atom. The van der Waals surface area contributed by atoms with Gasteiger partial charge in [-0.15, -0.1) is 0 Å². The van der Waals surface area contributed by atoms with Gasteiger partial charge in [0.2, 0.25) is 0 Å². The predicted octanol–water partition coefficient (Wildman–Crippen LogP) is 20.9. The molecule has 0 aromatic heterocycles. The van der Waals surface area contributed by atoms with Crippen molar-refractivity contribution in [3.63, 3.8) is 0 Å². The van der Waals surface area contributed by atoms with Crippen molar-refractivity contribution in [2.45, 2.75) is 270 Å². The normalized spacial score (nSPS) is 15.4. The number of hydrogen-bond acceptors (Lipinski definition) is 2. The highest BCUT2D eigenvalue weighted by Gasteiger charge is 2.42. The Balaban J connectivity index is 1.43. The van der Waals surface area contributed by atoms with E-state index in [0.717, 1.165) is 8.95 Å². The van der Waals surface area contributed by atoms with E-state index in [4.69, 9.17) is 8.85 Å². The van der Waals surface area contributed by atoms with Gasteiger partial charge in [0.05, 0.1) is 0 Å². The van der Waals surface area contributed by atoms with Crippen molar-refractivity contribution >= 4 is 48.5 Å². The highest BCUT2D eigenvalue weighted by Crippen LogP contribution is 2.51. The summed E-state index contributed by atoms with van der Waals surface area (Å²) < 4.78 is 17.2. The minimum Gasteiger partial charge on any atom is -0.407 e. The summed E-state index contributed by atoms with van der Waals surface area (Å²) in [6.07, 6.45) is 45.0. The molecule has 344 valence electrons. The molecule has 0 saturated carbocycles. The lowest BCUT2D eigenvalue weighted by Crippen LogP contribution is -2.40. The zero-order chi connectivity index (χ0) is 43.3. The Hall–Kier alpha value is -0.246. The Morgan fingerprint density at radius 2 is 0.600 bits per heavy atom. The minimum atomic E-state index is -1.99. The standard InChI is InChI=1S/C54H94Br2O2Si2/c1-7-9-11-13-15-17-19-21-23-25-27-29-31-33-35-37-43-59(3,4)57-53-51-45-47(55)39-41-49(51)50-42-40-48(56)46-52(50)54(53)58-60(5,6)44-38-36-34-32-30-28-26-24-22-20-18-16-14-12-10-8-2/h39-42,45-46,53-54H,7-38,43-44H2,1-6H3/t53-,54-/m1/s1. The number of unbranched alkanes of at least 4 members (excludes halogenated alkanes) is 30. The van der Waals surface area contributed by atoms with Crippen molar-refractivity contribution in [2.75, 3.05) is 0 Å². The van der Waals surface area contributed by atoms with Crippen molar-refractivity contribution in [1.82, 2.24) is 0 Å². The van der Waals surface area contributed by atoms with E-state index in [0.29, 0.717) is 0 Å². The molecular weight excluding hydrogens is 897 g/mol. The van der Waals surface area contributed by atoms with Gasteiger partial charge in [-0.3, -0.25) is 0 Å². The van der Waals surface area contributed by atoms with E-state index in [2.05, 4.69) is 108 Å². The molecule has 0 radical (unpaired) electrons. The second kappa shape index (κ2) is 32.4. The fraction of sp³-hybridized carbons (Fsp3) is 0.778. The Labute approximate surface area is 392 Å². The van der Waals surface area contributed by atoms with E-state index in [1.807, 2.05) is 0 Å². The maximum atomic E-state index is 7.47. The molecule has 0 unspecified atom stereocenters. The first-order chi connectivity index (χ1) is 29.1. The van der Waals surface area contributed by atoms with Crippen LogP contribution in [0.25, 0.3) is 11.1 Å². The second-order valence-corrected chi connectivity index (χ2v) is 30.5. The van der Waals surface area contributed by atoms with E-state index in [9.17, 15) is 0 Å². The quantitative estimate of drug-likeness (QED) is 0.0493. The van der Waals surface area contributed by atoms with Crippen LogP contribution in [0, 0.1) is 0 Å². The van der Waals surface area contributed by atoms with Crippen molar-refractivity contribution < 1.29 is 8.85 Å². The molecule has 2 aromatic rings. The summed E-state index contributed by atoms with van der Waals surface area (Å²) in [4.78, 5) is 0. The summed E-state index contributed by atoms with van der Waals surface area (Å²) in [5.41, 5.74) is 5.19. The molecule has 0 saturated heterocycles. The summed E-state index contributed by atoms with van der Waals surface area (Å²) in [5.74, 6) is 0. The zero-order valence-electron chi connectivity index (χ0n) is 40.2. The summed E-state index contributed by atoms with van der Waals surface area (Å²) >= 11 is 7.68. The molecule has 0 N–H and O–H groups in total. The molecule has 2 nitrogen and oxygen atoms in total. The van der Waals surface area contributed by atoms with Crippen molar-refractivity contribution in [3.8, 4) is 11.1 Å². The molecule has 6 heteroatoms. The monoisotopic (exact) mass is 989 g/mol. The lowest BCUT2D eigenvalue weighted by Gasteiger charge is -2.42. The van der Waals surface area contributed by atoms with Gasteiger partial charge in [0.15, 0.2) is 16.6 Å². The fourth-order valence-corrected chi connectivity index (χ4v) is 14.7. The van der Waals surface area contributed by atoms with E-state index in [1.165, 1.54) is 240 Å². The van der Waals surface area contributed by atoms with Crippen LogP contribution in [0.15, 0.2) is 45.3 Å². The van der Waals surface area contributed by atoms with Gasteiger partial charge in [0.1, 0.15) is 12.2 Å². The average molecular weight is 991 g/mol. The third-order valence-corrected chi connectivity index (χ3v) is 19.2. The van der Waals surface area contributed by atoms with E-state index < -0.39 is 16.6 Å². The molecule has 3 rings (SSSR count). The SMILES string of the molecule is CCCCCCCCCCCCCCCCCC[Si](C)(C)O[C@@H]1c2cc(Br)ccc2-c2ccc(Br)cc2[C@H]1O[Si](C)(C)CCCCCCCCCCCCCCCCCC. The van der Waals surface area contributed by atoms with E-state index in [-0.39, 0.29) is 12.2 Å². The highest BCUT2D eigenvalue weighted by atomic mass is 79.9. The lowest BCUT2D eigenvalue weighted by molar-refractivity contribution is 0.0381. The van der Waals surface area contributed by atoms with Gasteiger partial charge in [0.25, 0.3) is 0 Å². The zero-order valence-corrected chi connectivity index (χ0v) is 45.4. The largest absolute Gasteiger partial charge is 0.407 e. The first-order valence-electron chi connectivity index (χ1n) is 26.0. The van der Waals surface area contributed by atoms with Crippen LogP contribution in [0.1, 0.15) is 243 Å². The third kappa shape index (κ3) is 23.1. The van der Waals surface area contributed by atoms with Crippen LogP contribution in [0.2, 0.25) is 38.3 Å². The number of rotatable bonds is 38. The Bertz CT molecular complexity index is 1280. The highest BCUT2D eigenvalue weighted by molar-refractivity contribution is 9.10. The number of halogens is 2. The Morgan fingerprint density at radius 1 is 0.367 bits per heavy atom. The summed E-state index contributed by atoms with van der Waals surface area (Å²) in [6, 6.07) is 16.0. The first-order valence-corrected chi connectivity index (χ1v) is 33.8. The number of hydrogen-bond donors (Lipinski definition) is 0. The topological polar surface area (TPSA) is 18.5 Å². The maximum Gasteiger partial charge on any atom is 0.187 e. The van der Waals surface area contributed by atoms with Crippen LogP contribution < -0.4 is 0 Å². The van der Waals surface area contributed by atoms with Gasteiger partial charge in [-0.1, -0.05) is 263 Å². The maximum absolute atomic E-state index is 7.47. The van der Waals surface area contributed by atoms with Gasteiger partial charge in [-0.05, 0) is 84.8 Å². The lowest BCUT2D eigenvalue weighted by atomic mass is 9.82. The molecule has 2 atom stereocenters. The minimum absolute atomic E-state index is 0.0837. The van der Waals surface area contributed by atoms with Crippen molar-refractivity contribution in [2.24, 2.45) is 0 Å². The molecule has 0 amide bonds. The number of fused-ring (bicyclic) bond motifs is 3. The summed E-state index contributed by atoms with van der Waals surface area (Å²) in [6.45, 7) is 14.5. The average Bonchev–Trinajstić information content (AvgIpc) is 3.21. The van der Waals surface area contributed by atoms with E-state index >= 15 is 0 Å². The van der Waals surface area contributed by atoms with Crippen LogP contribution in [0.4, 0.5) is 0 Å². The van der Waals surface area contributed by atoms with Crippen LogP contribution in [-0.2, 0) is 8.85 Å². The van der Waals surface area contributed by atoms with Gasteiger partial charge >= 0.3 is 0 Å². The molecule has 2 aromatic carbocycles. The summed E-state index contributed by atoms with van der Waals surface area (Å²) in [7, 11) is -3.98. The van der Waals surface area contributed by atoms with Gasteiger partial charge in [-0.2, -0.15) is 0 Å². The van der Waals surface area contributed by atoms with Crippen molar-refractivity contribution in [3.05, 3.63) is 56.5 Å². The second-order valence-electron chi connectivity index (χ2n) is 20.2. The van der Waals surface area contributed by atoms with Gasteiger partial charge < -0.3 is 8.85 Å². The molecule has 60 heavy (non-hydrogen) atoms. The molecule has 0 spiro atoms. The molecule has 0 fully saturated rings. The van der Waals surface area contributed by atoms with Gasteiger partial charge in [0, 0.05) is 8.95 Å². The van der Waals surface area contributed by atoms with Crippen LogP contribution in [-0.4, -0.2) is 16.6 Å². The molecule has 0 heterocycles. The number of benzene rings is 2. The first kappa shape index (κ1) is 54.1. The van der Waals surface area contributed by atoms with Gasteiger partial charge in [-0.25, -0.2) is 0 Å².